The highest BCUT2D eigenvalue weighted by atomic mass is 16.5. The van der Waals surface area contributed by atoms with Gasteiger partial charge in [-0.2, -0.15) is 0 Å². The van der Waals surface area contributed by atoms with E-state index in [4.69, 9.17) is 4.74 Å². The van der Waals surface area contributed by atoms with Crippen molar-refractivity contribution < 1.29 is 14.3 Å². The predicted octanol–water partition coefficient (Wildman–Crippen LogP) is 3.68. The molecule has 1 fully saturated rings. The van der Waals surface area contributed by atoms with Crippen LogP contribution in [0.25, 0.3) is 0 Å². The molecule has 3 rings (SSSR count). The number of allylic oxidation sites excluding steroid dienone is 2. The number of benzene rings is 1. The number of anilines is 1. The molecule has 0 radical (unpaired) electrons. The Balaban J connectivity index is 1.90. The van der Waals surface area contributed by atoms with Gasteiger partial charge in [-0.1, -0.05) is 31.4 Å². The SMILES string of the molecule is C=C/C=C(\C=C)C1(C)Oc2ccc(C(=O)N(C(C)C)[C@@H]3CCCNC3)cc2NC1=O. The Morgan fingerprint density at radius 1 is 1.37 bits per heavy atom. The molecule has 2 atom stereocenters. The molecule has 1 unspecified atom stereocenters. The van der Waals surface area contributed by atoms with E-state index < -0.39 is 5.60 Å². The minimum Gasteiger partial charge on any atom is -0.471 e. The standard InChI is InChI=1S/C24H31N3O3/c1-6-9-18(7-2)24(5)23(29)26-20-14-17(11-12-21(20)30-24)22(28)27(16(3)4)19-10-8-13-25-15-19/h6-7,9,11-12,14,16,19,25H,1-2,8,10,13,15H2,3-5H3,(H,26,29)/b18-9+/t19-,24?/m1/s1. The first kappa shape index (κ1) is 21.8. The van der Waals surface area contributed by atoms with Gasteiger partial charge >= 0.3 is 0 Å². The van der Waals surface area contributed by atoms with Gasteiger partial charge in [0.2, 0.25) is 5.60 Å². The number of carbonyl (C=O) groups is 2. The van der Waals surface area contributed by atoms with Gasteiger partial charge in [-0.3, -0.25) is 9.59 Å². The van der Waals surface area contributed by atoms with Crippen LogP contribution in [0, 0.1) is 0 Å². The molecule has 160 valence electrons. The molecule has 0 saturated carbocycles. The maximum absolute atomic E-state index is 13.3. The third-order valence-electron chi connectivity index (χ3n) is 5.75. The summed E-state index contributed by atoms with van der Waals surface area (Å²) in [5.41, 5.74) is 0.421. The van der Waals surface area contributed by atoms with Crippen molar-refractivity contribution in [3.8, 4) is 5.75 Å². The number of ether oxygens (including phenoxy) is 1. The molecule has 2 amide bonds. The molecule has 2 aliphatic heterocycles. The Morgan fingerprint density at radius 3 is 2.73 bits per heavy atom. The zero-order valence-corrected chi connectivity index (χ0v) is 18.0. The van der Waals surface area contributed by atoms with Crippen LogP contribution in [0.1, 0.15) is 44.0 Å². The van der Waals surface area contributed by atoms with Crippen molar-refractivity contribution in [2.45, 2.75) is 51.3 Å². The van der Waals surface area contributed by atoms with Gasteiger partial charge in [0.15, 0.2) is 0 Å². The topological polar surface area (TPSA) is 70.7 Å². The summed E-state index contributed by atoms with van der Waals surface area (Å²) in [6, 6.07) is 5.44. The van der Waals surface area contributed by atoms with Crippen molar-refractivity contribution in [3.05, 3.63) is 60.7 Å². The molecular formula is C24H31N3O3. The second-order valence-corrected chi connectivity index (χ2v) is 8.17. The van der Waals surface area contributed by atoms with Crippen LogP contribution >= 0.6 is 0 Å². The monoisotopic (exact) mass is 409 g/mol. The minimum atomic E-state index is -1.22. The van der Waals surface area contributed by atoms with E-state index in [1.165, 1.54) is 0 Å². The molecule has 0 aromatic heterocycles. The van der Waals surface area contributed by atoms with Gasteiger partial charge in [-0.05, 0) is 58.4 Å². The van der Waals surface area contributed by atoms with E-state index in [1.807, 2.05) is 18.7 Å². The summed E-state index contributed by atoms with van der Waals surface area (Å²) >= 11 is 0. The van der Waals surface area contributed by atoms with E-state index in [2.05, 4.69) is 23.8 Å². The molecule has 0 aliphatic carbocycles. The van der Waals surface area contributed by atoms with E-state index >= 15 is 0 Å². The van der Waals surface area contributed by atoms with Crippen molar-refractivity contribution in [2.75, 3.05) is 18.4 Å². The maximum atomic E-state index is 13.3. The van der Waals surface area contributed by atoms with Crippen molar-refractivity contribution in [1.82, 2.24) is 10.2 Å². The molecule has 2 aliphatic rings. The van der Waals surface area contributed by atoms with Crippen LogP contribution in [0.2, 0.25) is 0 Å². The minimum absolute atomic E-state index is 0.0394. The Hall–Kier alpha value is -2.86. The molecule has 1 aromatic carbocycles. The Morgan fingerprint density at radius 2 is 2.13 bits per heavy atom. The molecule has 0 spiro atoms. The van der Waals surface area contributed by atoms with Gasteiger partial charge in [0.05, 0.1) is 5.69 Å². The number of nitrogens with zero attached hydrogens (tertiary/aromatic N) is 1. The van der Waals surface area contributed by atoms with Crippen molar-refractivity contribution >= 4 is 17.5 Å². The number of hydrogen-bond acceptors (Lipinski definition) is 4. The first-order valence-corrected chi connectivity index (χ1v) is 10.5. The second-order valence-electron chi connectivity index (χ2n) is 8.17. The smallest absolute Gasteiger partial charge is 0.273 e. The Labute approximate surface area is 178 Å². The summed E-state index contributed by atoms with van der Waals surface area (Å²) in [5.74, 6) is 0.160. The summed E-state index contributed by atoms with van der Waals surface area (Å²) in [4.78, 5) is 28.1. The molecule has 30 heavy (non-hydrogen) atoms. The van der Waals surface area contributed by atoms with Crippen molar-refractivity contribution in [3.63, 3.8) is 0 Å². The van der Waals surface area contributed by atoms with Gasteiger partial charge in [0.1, 0.15) is 5.75 Å². The number of carbonyl (C=O) groups excluding carboxylic acids is 2. The first-order chi connectivity index (χ1) is 14.3. The van der Waals surface area contributed by atoms with Gasteiger partial charge < -0.3 is 20.3 Å². The van der Waals surface area contributed by atoms with Crippen LogP contribution in [0.5, 0.6) is 5.75 Å². The predicted molar refractivity (Wildman–Crippen MR) is 120 cm³/mol. The number of rotatable bonds is 6. The highest BCUT2D eigenvalue weighted by Crippen LogP contribution is 2.38. The maximum Gasteiger partial charge on any atom is 0.273 e. The molecule has 0 bridgehead atoms. The molecule has 1 saturated heterocycles. The van der Waals surface area contributed by atoms with Gasteiger partial charge in [-0.15, -0.1) is 0 Å². The summed E-state index contributed by atoms with van der Waals surface area (Å²) in [5, 5.41) is 6.27. The summed E-state index contributed by atoms with van der Waals surface area (Å²) in [6.45, 7) is 15.0. The molecular weight excluding hydrogens is 378 g/mol. The van der Waals surface area contributed by atoms with Crippen molar-refractivity contribution in [2.24, 2.45) is 0 Å². The van der Waals surface area contributed by atoms with E-state index in [1.54, 1.807) is 43.4 Å². The van der Waals surface area contributed by atoms with Crippen LogP contribution < -0.4 is 15.4 Å². The van der Waals surface area contributed by atoms with Crippen LogP contribution in [0.4, 0.5) is 5.69 Å². The molecule has 1 aromatic rings. The van der Waals surface area contributed by atoms with Crippen LogP contribution in [0.3, 0.4) is 0 Å². The zero-order chi connectivity index (χ0) is 21.9. The Kier molecular flexibility index (Phi) is 6.46. The number of hydrogen-bond donors (Lipinski definition) is 2. The zero-order valence-electron chi connectivity index (χ0n) is 18.0. The van der Waals surface area contributed by atoms with Crippen LogP contribution in [-0.2, 0) is 4.79 Å². The fourth-order valence-corrected chi connectivity index (χ4v) is 4.14. The number of fused-ring (bicyclic) bond motifs is 1. The lowest BCUT2D eigenvalue weighted by atomic mass is 9.92. The summed E-state index contributed by atoms with van der Waals surface area (Å²) in [7, 11) is 0. The molecule has 6 nitrogen and oxygen atoms in total. The third kappa shape index (κ3) is 4.05. The highest BCUT2D eigenvalue weighted by molar-refractivity contribution is 6.05. The van der Waals surface area contributed by atoms with Gasteiger partial charge in [0, 0.05) is 29.8 Å². The van der Waals surface area contributed by atoms with Gasteiger partial charge in [-0.25, -0.2) is 0 Å². The van der Waals surface area contributed by atoms with E-state index in [9.17, 15) is 9.59 Å². The Bertz CT molecular complexity index is 884. The van der Waals surface area contributed by atoms with E-state index in [-0.39, 0.29) is 23.9 Å². The fourth-order valence-electron chi connectivity index (χ4n) is 4.14. The van der Waals surface area contributed by atoms with E-state index in [0.717, 1.165) is 25.9 Å². The fraction of sp³-hybridized carbons (Fsp3) is 0.417. The molecule has 2 heterocycles. The summed E-state index contributed by atoms with van der Waals surface area (Å²) in [6.07, 6.45) is 6.92. The average molecular weight is 410 g/mol. The normalized spacial score (nSPS) is 23.8. The van der Waals surface area contributed by atoms with Gasteiger partial charge in [0.25, 0.3) is 11.8 Å². The lowest BCUT2D eigenvalue weighted by Gasteiger charge is -2.38. The van der Waals surface area contributed by atoms with Crippen LogP contribution in [0.15, 0.2) is 55.2 Å². The lowest BCUT2D eigenvalue weighted by molar-refractivity contribution is -0.128. The molecule has 6 heteroatoms. The summed E-state index contributed by atoms with van der Waals surface area (Å²) < 4.78 is 6.06. The quantitative estimate of drug-likeness (QED) is 0.703. The largest absolute Gasteiger partial charge is 0.471 e. The first-order valence-electron chi connectivity index (χ1n) is 10.5. The van der Waals surface area contributed by atoms with Crippen molar-refractivity contribution in [1.29, 1.82) is 0 Å². The second kappa shape index (κ2) is 8.88. The highest BCUT2D eigenvalue weighted by Gasteiger charge is 2.42. The number of piperidine rings is 1. The van der Waals surface area contributed by atoms with Crippen LogP contribution in [-0.4, -0.2) is 47.5 Å². The number of amides is 2. The van der Waals surface area contributed by atoms with E-state index in [0.29, 0.717) is 22.6 Å². The lowest BCUT2D eigenvalue weighted by Crippen LogP contribution is -2.51. The third-order valence-corrected chi connectivity index (χ3v) is 5.75. The number of nitrogens with one attached hydrogen (secondary N) is 2. The molecule has 2 N–H and O–H groups in total. The average Bonchev–Trinajstić information content (AvgIpc) is 2.73.